The van der Waals surface area contributed by atoms with Crippen LogP contribution in [0.15, 0.2) is 54.6 Å². The molecule has 0 aliphatic carbocycles. The lowest BCUT2D eigenvalue weighted by Gasteiger charge is -2.59. The van der Waals surface area contributed by atoms with Gasteiger partial charge in [0.25, 0.3) is 0 Å². The van der Waals surface area contributed by atoms with Gasteiger partial charge in [-0.3, -0.25) is 15.0 Å². The summed E-state index contributed by atoms with van der Waals surface area (Å²) >= 11 is 0. The van der Waals surface area contributed by atoms with Crippen molar-refractivity contribution < 1.29 is 14.3 Å². The van der Waals surface area contributed by atoms with Crippen LogP contribution in [-0.2, 0) is 26.3 Å². The first kappa shape index (κ1) is 20.7. The van der Waals surface area contributed by atoms with Crippen LogP contribution in [0, 0.1) is 0 Å². The molecule has 7 heteroatoms. The third-order valence-corrected chi connectivity index (χ3v) is 9.46. The van der Waals surface area contributed by atoms with Crippen molar-refractivity contribution in [1.82, 2.24) is 15.1 Å². The van der Waals surface area contributed by atoms with Crippen molar-refractivity contribution in [1.29, 1.82) is 0 Å². The lowest BCUT2D eigenvalue weighted by atomic mass is 9.71. The molecular formula is C28H32N4O3. The molecule has 6 aliphatic heterocycles. The number of fused-ring (bicyclic) bond motifs is 2. The Morgan fingerprint density at radius 1 is 1.11 bits per heavy atom. The molecule has 5 fully saturated rings. The fourth-order valence-electron chi connectivity index (χ4n) is 8.21. The largest absolute Gasteiger partial charge is 0.377 e. The smallest absolute Gasteiger partial charge is 0.240 e. The summed E-state index contributed by atoms with van der Waals surface area (Å²) in [7, 11) is 0. The standard InChI is InChI=1S/C28H32N4O3/c33-26-22-15-24-28(29-13-12-18-7-2-1-3-8-18)27(35-24)20-10-4-5-11-21(20)30-25(27)23(32(22)28)17-31(26)16-19-9-6-14-34-19/h1-5,7-8,10-11,19,22-25,29-30H,6,9,12-17H2/t19?,22-,23?,24?,25+,27?,28?/m0/s1. The van der Waals surface area contributed by atoms with Gasteiger partial charge in [-0.15, -0.1) is 0 Å². The minimum atomic E-state index is -0.468. The van der Waals surface area contributed by atoms with E-state index in [2.05, 4.69) is 75.0 Å². The van der Waals surface area contributed by atoms with Crippen LogP contribution in [0.1, 0.15) is 30.4 Å². The molecular weight excluding hydrogens is 440 g/mol. The van der Waals surface area contributed by atoms with Gasteiger partial charge in [-0.05, 0) is 30.9 Å². The van der Waals surface area contributed by atoms with E-state index in [1.54, 1.807) is 0 Å². The number of hydrogen-bond acceptors (Lipinski definition) is 6. The van der Waals surface area contributed by atoms with Crippen LogP contribution in [0.4, 0.5) is 5.69 Å². The summed E-state index contributed by atoms with van der Waals surface area (Å²) in [6, 6.07) is 19.4. The Morgan fingerprint density at radius 3 is 2.83 bits per heavy atom. The molecule has 6 aliphatic rings. The zero-order valence-corrected chi connectivity index (χ0v) is 19.9. The van der Waals surface area contributed by atoms with E-state index in [9.17, 15) is 4.79 Å². The van der Waals surface area contributed by atoms with E-state index >= 15 is 0 Å². The number of rotatable bonds is 6. The van der Waals surface area contributed by atoms with Crippen LogP contribution in [0.5, 0.6) is 0 Å². The number of amides is 1. The Hall–Kier alpha value is -2.45. The number of nitrogens with one attached hydrogen (secondary N) is 2. The first-order valence-electron chi connectivity index (χ1n) is 13.2. The molecule has 0 radical (unpaired) electrons. The second-order valence-electron chi connectivity index (χ2n) is 11.0. The van der Waals surface area contributed by atoms with Gasteiger partial charge in [0.15, 0.2) is 5.60 Å². The Balaban J connectivity index is 1.16. The summed E-state index contributed by atoms with van der Waals surface area (Å²) in [5.41, 5.74) is 2.91. The average molecular weight is 473 g/mol. The SMILES string of the molecule is O=C1[C@@H]2CC3OC45c6ccccc6N[C@@H]4C(CN1CC1CCCO1)N2C35NCCc1ccccc1. The van der Waals surface area contributed by atoms with E-state index in [0.29, 0.717) is 6.54 Å². The topological polar surface area (TPSA) is 66.1 Å². The van der Waals surface area contributed by atoms with E-state index in [1.807, 2.05) is 0 Å². The number of anilines is 1. The second-order valence-corrected chi connectivity index (χ2v) is 11.0. The third-order valence-electron chi connectivity index (χ3n) is 9.46. The number of hydrogen-bond donors (Lipinski definition) is 2. The van der Waals surface area contributed by atoms with Crippen LogP contribution in [0.3, 0.4) is 0 Å². The van der Waals surface area contributed by atoms with E-state index in [4.69, 9.17) is 9.47 Å². The zero-order chi connectivity index (χ0) is 23.2. The highest BCUT2D eigenvalue weighted by Crippen LogP contribution is 2.69. The average Bonchev–Trinajstić information content (AvgIpc) is 3.59. The number of piperazine rings is 1. The van der Waals surface area contributed by atoms with E-state index in [0.717, 1.165) is 45.4 Å². The summed E-state index contributed by atoms with van der Waals surface area (Å²) in [5, 5.41) is 7.86. The maximum absolute atomic E-state index is 13.8. The van der Waals surface area contributed by atoms with Crippen molar-refractivity contribution >= 4 is 11.6 Å². The normalized spacial score (nSPS) is 40.3. The van der Waals surface area contributed by atoms with Crippen molar-refractivity contribution in [2.75, 3.05) is 31.6 Å². The van der Waals surface area contributed by atoms with Gasteiger partial charge in [-0.25, -0.2) is 0 Å². The number of benzene rings is 2. The quantitative estimate of drug-likeness (QED) is 0.671. The number of para-hydroxylation sites is 1. The van der Waals surface area contributed by atoms with Crippen molar-refractivity contribution in [3.8, 4) is 0 Å². The van der Waals surface area contributed by atoms with Crippen molar-refractivity contribution in [3.63, 3.8) is 0 Å². The summed E-state index contributed by atoms with van der Waals surface area (Å²) in [4.78, 5) is 18.4. The molecule has 7 nitrogen and oxygen atoms in total. The van der Waals surface area contributed by atoms with Crippen LogP contribution in [0.25, 0.3) is 0 Å². The maximum atomic E-state index is 13.8. The molecule has 0 aromatic heterocycles. The predicted molar refractivity (Wildman–Crippen MR) is 131 cm³/mol. The Morgan fingerprint density at radius 2 is 1.97 bits per heavy atom. The first-order chi connectivity index (χ1) is 17.2. The fourth-order valence-corrected chi connectivity index (χ4v) is 8.21. The molecule has 5 unspecified atom stereocenters. The summed E-state index contributed by atoms with van der Waals surface area (Å²) in [5.74, 6) is 0.252. The van der Waals surface area contributed by atoms with Crippen molar-refractivity contribution in [2.45, 2.75) is 67.3 Å². The molecule has 6 heterocycles. The highest BCUT2D eigenvalue weighted by molar-refractivity contribution is 5.85. The van der Waals surface area contributed by atoms with E-state index in [1.165, 1.54) is 16.8 Å². The van der Waals surface area contributed by atoms with Crippen LogP contribution < -0.4 is 10.6 Å². The van der Waals surface area contributed by atoms with Gasteiger partial charge in [0.2, 0.25) is 5.91 Å². The van der Waals surface area contributed by atoms with Gasteiger partial charge in [0.1, 0.15) is 5.66 Å². The monoisotopic (exact) mass is 472 g/mol. The van der Waals surface area contributed by atoms with Crippen LogP contribution >= 0.6 is 0 Å². The minimum absolute atomic E-state index is 0.00959. The Bertz CT molecular complexity index is 1170. The number of carbonyl (C=O) groups excluding carboxylic acids is 1. The highest BCUT2D eigenvalue weighted by Gasteiger charge is 2.87. The first-order valence-corrected chi connectivity index (χ1v) is 13.2. The molecule has 5 saturated heterocycles. The van der Waals surface area contributed by atoms with Crippen molar-refractivity contribution in [3.05, 3.63) is 65.7 Å². The third kappa shape index (κ3) is 2.52. The molecule has 0 saturated carbocycles. The second kappa shape index (κ2) is 7.29. The van der Waals surface area contributed by atoms with Crippen LogP contribution in [-0.4, -0.2) is 77.9 Å². The van der Waals surface area contributed by atoms with Gasteiger partial charge in [-0.1, -0.05) is 48.5 Å². The number of nitrogens with zero attached hydrogens (tertiary/aromatic N) is 2. The Labute approximate surface area is 205 Å². The van der Waals surface area contributed by atoms with Gasteiger partial charge >= 0.3 is 0 Å². The minimum Gasteiger partial charge on any atom is -0.377 e. The lowest BCUT2D eigenvalue weighted by molar-refractivity contribution is -0.292. The molecule has 2 N–H and O–H groups in total. The van der Waals surface area contributed by atoms with Gasteiger partial charge in [-0.2, -0.15) is 0 Å². The lowest BCUT2D eigenvalue weighted by Crippen LogP contribution is -2.79. The number of carbonyl (C=O) groups is 1. The summed E-state index contributed by atoms with van der Waals surface area (Å²) in [6.07, 6.45) is 4.04. The maximum Gasteiger partial charge on any atom is 0.240 e. The molecule has 35 heavy (non-hydrogen) atoms. The summed E-state index contributed by atoms with van der Waals surface area (Å²) in [6.45, 7) is 3.11. The Kier molecular flexibility index (Phi) is 4.31. The van der Waals surface area contributed by atoms with Gasteiger partial charge < -0.3 is 19.7 Å². The highest BCUT2D eigenvalue weighted by atomic mass is 16.6. The van der Waals surface area contributed by atoms with Gasteiger partial charge in [0, 0.05) is 43.9 Å². The molecule has 1 spiro atoms. The molecule has 8 rings (SSSR count). The van der Waals surface area contributed by atoms with Crippen molar-refractivity contribution in [2.24, 2.45) is 0 Å². The molecule has 7 atom stereocenters. The molecule has 182 valence electrons. The fraction of sp³-hybridized carbons (Fsp3) is 0.536. The predicted octanol–water partition coefficient (Wildman–Crippen LogP) is 2.08. The van der Waals surface area contributed by atoms with Crippen LogP contribution in [0.2, 0.25) is 0 Å². The zero-order valence-electron chi connectivity index (χ0n) is 19.9. The van der Waals surface area contributed by atoms with E-state index < -0.39 is 5.60 Å². The molecule has 1 amide bonds. The summed E-state index contributed by atoms with van der Waals surface area (Å²) < 4.78 is 12.8. The van der Waals surface area contributed by atoms with E-state index in [-0.39, 0.29) is 41.9 Å². The molecule has 0 bridgehead atoms. The van der Waals surface area contributed by atoms with Gasteiger partial charge in [0.05, 0.1) is 30.3 Å². The molecule has 2 aromatic rings. The molecule has 2 aromatic carbocycles. The number of ether oxygens (including phenoxy) is 2.